The highest BCUT2D eigenvalue weighted by Gasteiger charge is 2.23. The molecule has 2 aliphatic carbocycles. The number of hydrogen-bond acceptors (Lipinski definition) is 4. The van der Waals surface area contributed by atoms with Crippen LogP contribution in [0, 0.1) is 5.92 Å². The number of ether oxygens (including phenoxy) is 1. The molecule has 0 aromatic carbocycles. The zero-order valence-electron chi connectivity index (χ0n) is 12.4. The number of carbonyl (C=O) groups excluding carboxylic acids is 1. The van der Waals surface area contributed by atoms with Gasteiger partial charge in [-0.1, -0.05) is 6.92 Å². The van der Waals surface area contributed by atoms with E-state index in [0.717, 1.165) is 31.6 Å². The standard InChI is InChI=1S/C15H28N2O3/c1-11-2-6-14(7-3-11)20-10-13(18)8-16-9-15(19)17-12-4-5-12/h11-14,16,18H,2-10H2,1H3,(H,17,19). The molecule has 1 atom stereocenters. The van der Waals surface area contributed by atoms with Crippen molar-refractivity contribution in [2.24, 2.45) is 5.92 Å². The number of aliphatic hydroxyl groups excluding tert-OH is 1. The summed E-state index contributed by atoms with van der Waals surface area (Å²) in [6.07, 6.45) is 6.61. The van der Waals surface area contributed by atoms with Crippen molar-refractivity contribution in [1.29, 1.82) is 0 Å². The Bertz CT molecular complexity index is 299. The zero-order chi connectivity index (χ0) is 14.4. The van der Waals surface area contributed by atoms with Gasteiger partial charge in [-0.15, -0.1) is 0 Å². The maximum atomic E-state index is 11.4. The Morgan fingerprint density at radius 1 is 1.25 bits per heavy atom. The molecular formula is C15H28N2O3. The summed E-state index contributed by atoms with van der Waals surface area (Å²) in [7, 11) is 0. The van der Waals surface area contributed by atoms with Gasteiger partial charge >= 0.3 is 0 Å². The van der Waals surface area contributed by atoms with Crippen molar-refractivity contribution in [3.8, 4) is 0 Å². The summed E-state index contributed by atoms with van der Waals surface area (Å²) in [6.45, 7) is 3.31. The molecule has 3 N–H and O–H groups in total. The smallest absolute Gasteiger partial charge is 0.234 e. The molecule has 1 amide bonds. The summed E-state index contributed by atoms with van der Waals surface area (Å²) in [5.74, 6) is 0.827. The average molecular weight is 284 g/mol. The molecule has 5 heteroatoms. The Morgan fingerprint density at radius 3 is 2.60 bits per heavy atom. The summed E-state index contributed by atoms with van der Waals surface area (Å²) in [5.41, 5.74) is 0. The molecule has 116 valence electrons. The molecule has 1 unspecified atom stereocenters. The third-order valence-corrected chi connectivity index (χ3v) is 4.10. The molecule has 2 fully saturated rings. The molecule has 20 heavy (non-hydrogen) atoms. The molecule has 0 aromatic heterocycles. The van der Waals surface area contributed by atoms with Gasteiger partial charge in [0.15, 0.2) is 0 Å². The fourth-order valence-corrected chi connectivity index (χ4v) is 2.56. The van der Waals surface area contributed by atoms with E-state index in [0.29, 0.717) is 25.3 Å². The van der Waals surface area contributed by atoms with E-state index in [1.165, 1.54) is 12.8 Å². The van der Waals surface area contributed by atoms with Crippen molar-refractivity contribution in [2.45, 2.75) is 63.7 Å². The van der Waals surface area contributed by atoms with Gasteiger partial charge in [0, 0.05) is 12.6 Å². The second-order valence-electron chi connectivity index (χ2n) is 6.34. The lowest BCUT2D eigenvalue weighted by Gasteiger charge is -2.27. The minimum Gasteiger partial charge on any atom is -0.389 e. The van der Waals surface area contributed by atoms with Crippen molar-refractivity contribution in [3.63, 3.8) is 0 Å². The molecule has 0 aliphatic heterocycles. The number of aliphatic hydroxyl groups is 1. The van der Waals surface area contributed by atoms with Crippen LogP contribution in [-0.2, 0) is 9.53 Å². The van der Waals surface area contributed by atoms with Gasteiger partial charge in [0.05, 0.1) is 25.4 Å². The average Bonchev–Trinajstić information content (AvgIpc) is 3.22. The van der Waals surface area contributed by atoms with Crippen LogP contribution in [0.4, 0.5) is 0 Å². The van der Waals surface area contributed by atoms with Crippen LogP contribution < -0.4 is 10.6 Å². The fraction of sp³-hybridized carbons (Fsp3) is 0.933. The van der Waals surface area contributed by atoms with Crippen molar-refractivity contribution >= 4 is 5.91 Å². The Balaban J connectivity index is 1.47. The van der Waals surface area contributed by atoms with Gasteiger partial charge in [-0.05, 0) is 44.4 Å². The molecule has 0 aromatic rings. The maximum Gasteiger partial charge on any atom is 0.234 e. The molecule has 2 saturated carbocycles. The van der Waals surface area contributed by atoms with E-state index in [-0.39, 0.29) is 12.5 Å². The van der Waals surface area contributed by atoms with Crippen molar-refractivity contribution in [1.82, 2.24) is 10.6 Å². The van der Waals surface area contributed by atoms with Crippen LogP contribution in [0.3, 0.4) is 0 Å². The maximum absolute atomic E-state index is 11.4. The fourth-order valence-electron chi connectivity index (χ4n) is 2.56. The van der Waals surface area contributed by atoms with Crippen LogP contribution in [0.5, 0.6) is 0 Å². The lowest BCUT2D eigenvalue weighted by atomic mass is 9.89. The quantitative estimate of drug-likeness (QED) is 0.617. The SMILES string of the molecule is CC1CCC(OCC(O)CNCC(=O)NC2CC2)CC1. The van der Waals surface area contributed by atoms with Crippen LogP contribution in [0.1, 0.15) is 45.4 Å². The number of nitrogens with one attached hydrogen (secondary N) is 2. The van der Waals surface area contributed by atoms with Gasteiger partial charge < -0.3 is 20.5 Å². The highest BCUT2D eigenvalue weighted by molar-refractivity contribution is 5.78. The first-order valence-electron chi connectivity index (χ1n) is 7.93. The molecule has 5 nitrogen and oxygen atoms in total. The number of hydrogen-bond donors (Lipinski definition) is 3. The first kappa shape index (κ1) is 15.7. The second kappa shape index (κ2) is 7.96. The third-order valence-electron chi connectivity index (χ3n) is 4.10. The van der Waals surface area contributed by atoms with Crippen LogP contribution in [-0.4, -0.2) is 49.0 Å². The number of rotatable bonds is 8. The predicted octanol–water partition coefficient (Wildman–Crippen LogP) is 0.811. The van der Waals surface area contributed by atoms with Gasteiger partial charge in [-0.3, -0.25) is 4.79 Å². The topological polar surface area (TPSA) is 70.6 Å². The highest BCUT2D eigenvalue weighted by Crippen LogP contribution is 2.25. The van der Waals surface area contributed by atoms with E-state index in [1.807, 2.05) is 0 Å². The van der Waals surface area contributed by atoms with Gasteiger partial charge in [-0.25, -0.2) is 0 Å². The van der Waals surface area contributed by atoms with E-state index in [4.69, 9.17) is 4.74 Å². The van der Waals surface area contributed by atoms with Crippen LogP contribution in [0.15, 0.2) is 0 Å². The summed E-state index contributed by atoms with van der Waals surface area (Å²) < 4.78 is 5.73. The van der Waals surface area contributed by atoms with E-state index in [2.05, 4.69) is 17.6 Å². The zero-order valence-corrected chi connectivity index (χ0v) is 12.4. The lowest BCUT2D eigenvalue weighted by molar-refractivity contribution is -0.120. The van der Waals surface area contributed by atoms with Gasteiger partial charge in [0.1, 0.15) is 0 Å². The second-order valence-corrected chi connectivity index (χ2v) is 6.34. The summed E-state index contributed by atoms with van der Waals surface area (Å²) in [6, 6.07) is 0.395. The minimum atomic E-state index is -0.539. The molecule has 0 radical (unpaired) electrons. The summed E-state index contributed by atoms with van der Waals surface area (Å²) in [4.78, 5) is 11.4. The molecule has 0 heterocycles. The summed E-state index contributed by atoms with van der Waals surface area (Å²) >= 11 is 0. The van der Waals surface area contributed by atoms with E-state index >= 15 is 0 Å². The molecular weight excluding hydrogens is 256 g/mol. The number of amides is 1. The largest absolute Gasteiger partial charge is 0.389 e. The van der Waals surface area contributed by atoms with Crippen LogP contribution in [0.25, 0.3) is 0 Å². The van der Waals surface area contributed by atoms with Gasteiger partial charge in [-0.2, -0.15) is 0 Å². The normalized spacial score (nSPS) is 28.1. The van der Waals surface area contributed by atoms with Crippen LogP contribution in [0.2, 0.25) is 0 Å². The van der Waals surface area contributed by atoms with Crippen molar-refractivity contribution in [2.75, 3.05) is 19.7 Å². The van der Waals surface area contributed by atoms with Gasteiger partial charge in [0.2, 0.25) is 5.91 Å². The first-order chi connectivity index (χ1) is 9.63. The van der Waals surface area contributed by atoms with Crippen molar-refractivity contribution in [3.05, 3.63) is 0 Å². The minimum absolute atomic E-state index is 0.0156. The number of carbonyl (C=O) groups is 1. The Hall–Kier alpha value is -0.650. The summed E-state index contributed by atoms with van der Waals surface area (Å²) in [5, 5.41) is 15.7. The third kappa shape index (κ3) is 6.20. The lowest BCUT2D eigenvalue weighted by Crippen LogP contribution is -2.39. The van der Waals surface area contributed by atoms with E-state index in [1.54, 1.807) is 0 Å². The molecule has 2 aliphatic rings. The van der Waals surface area contributed by atoms with Crippen molar-refractivity contribution < 1.29 is 14.6 Å². The van der Waals surface area contributed by atoms with Crippen LogP contribution >= 0.6 is 0 Å². The molecule has 2 rings (SSSR count). The predicted molar refractivity (Wildman–Crippen MR) is 77.4 cm³/mol. The Morgan fingerprint density at radius 2 is 1.95 bits per heavy atom. The Labute approximate surface area is 121 Å². The first-order valence-corrected chi connectivity index (χ1v) is 7.93. The van der Waals surface area contributed by atoms with E-state index < -0.39 is 6.10 Å². The van der Waals surface area contributed by atoms with E-state index in [9.17, 15) is 9.90 Å². The molecule has 0 spiro atoms. The van der Waals surface area contributed by atoms with Gasteiger partial charge in [0.25, 0.3) is 0 Å². The highest BCUT2D eigenvalue weighted by atomic mass is 16.5. The Kier molecular flexibility index (Phi) is 6.26. The molecule has 0 bridgehead atoms. The molecule has 0 saturated heterocycles. The monoisotopic (exact) mass is 284 g/mol.